The average Bonchev–Trinajstić information content (AvgIpc) is 3.70. The second kappa shape index (κ2) is 31.0. The molecule has 2 fully saturated rings. The van der Waals surface area contributed by atoms with Crippen LogP contribution in [0.3, 0.4) is 0 Å². The third-order valence-corrected chi connectivity index (χ3v) is 7.89. The zero-order chi connectivity index (χ0) is 35.0. The maximum absolute atomic E-state index is 12.1. The van der Waals surface area contributed by atoms with Crippen molar-refractivity contribution in [2.75, 3.05) is 21.4 Å². The van der Waals surface area contributed by atoms with E-state index in [0.717, 1.165) is 35.1 Å². The van der Waals surface area contributed by atoms with Gasteiger partial charge in [0.1, 0.15) is 17.1 Å². The molecule has 252 valence electrons. The minimum absolute atomic E-state index is 0. The van der Waals surface area contributed by atoms with E-state index >= 15 is 0 Å². The van der Waals surface area contributed by atoms with Crippen molar-refractivity contribution in [1.82, 2.24) is 0 Å². The van der Waals surface area contributed by atoms with Crippen LogP contribution in [0.1, 0.15) is 63.6 Å². The van der Waals surface area contributed by atoms with Gasteiger partial charge in [0, 0.05) is 30.5 Å². The number of ether oxygens (including phenoxy) is 2. The molecule has 0 aromatic heterocycles. The molecule has 2 saturated carbocycles. The number of carbonyl (C=O) groups is 5. The Morgan fingerprint density at radius 2 is 1.34 bits per heavy atom. The predicted octanol–water partition coefficient (Wildman–Crippen LogP) is -0.286. The third kappa shape index (κ3) is 18.9. The summed E-state index contributed by atoms with van der Waals surface area (Å²) in [4.78, 5) is 57.0. The molecular weight excluding hydrogens is 732 g/mol. The van der Waals surface area contributed by atoms with Gasteiger partial charge in [-0.05, 0) is 54.4 Å². The fraction of sp³-hybridized carbons (Fsp3) is 0.469. The maximum atomic E-state index is 12.1. The van der Waals surface area contributed by atoms with Crippen molar-refractivity contribution in [3.8, 4) is 0 Å². The molecule has 2 atom stereocenters. The fourth-order valence-electron chi connectivity index (χ4n) is 4.62. The molecule has 4 rings (SSSR count). The van der Waals surface area contributed by atoms with Crippen molar-refractivity contribution in [1.29, 1.82) is 0 Å². The molecule has 2 unspecified atom stereocenters. The number of ketones is 2. The van der Waals surface area contributed by atoms with Gasteiger partial charge in [-0.3, -0.25) is 28.4 Å². The summed E-state index contributed by atoms with van der Waals surface area (Å²) in [6, 6.07) is 15.7. The summed E-state index contributed by atoms with van der Waals surface area (Å²) in [6.07, 6.45) is 4.27. The fourth-order valence-corrected chi connectivity index (χ4v) is 5.15. The van der Waals surface area contributed by atoms with Gasteiger partial charge in [-0.15, -0.1) is 34.8 Å². The molecule has 2 aliphatic rings. The van der Waals surface area contributed by atoms with Crippen LogP contribution in [0.15, 0.2) is 48.5 Å². The number of hydrogen-bond acceptors (Lipinski definition) is 9. The van der Waals surface area contributed by atoms with Crippen LogP contribution in [0.25, 0.3) is 0 Å². The van der Waals surface area contributed by atoms with Crippen LogP contribution in [0.5, 0.6) is 0 Å². The van der Waals surface area contributed by atoms with Gasteiger partial charge in [0.15, 0.2) is 5.78 Å². The maximum Gasteiger partial charge on any atom is 1.00 e. The van der Waals surface area contributed by atoms with Crippen LogP contribution in [-0.4, -0.2) is 51.4 Å². The number of methoxy groups -OCH3 is 2. The van der Waals surface area contributed by atoms with Gasteiger partial charge >= 0.3 is 115 Å². The van der Waals surface area contributed by atoms with Crippen molar-refractivity contribution < 1.29 is 154 Å². The molecule has 0 N–H and O–H groups in total. The van der Waals surface area contributed by atoms with Crippen LogP contribution in [0, 0.1) is 11.3 Å². The number of esters is 2. The summed E-state index contributed by atoms with van der Waals surface area (Å²) >= 11 is 16.9. The normalized spacial score (nSPS) is 17.3. The van der Waals surface area contributed by atoms with Crippen LogP contribution >= 0.6 is 34.8 Å². The van der Waals surface area contributed by atoms with Gasteiger partial charge < -0.3 is 21.0 Å². The Hall–Kier alpha value is 0.223. The first-order valence-corrected chi connectivity index (χ1v) is 15.3. The number of hydrogen-bond donors (Lipinski definition) is 0. The summed E-state index contributed by atoms with van der Waals surface area (Å²) in [5.74, 6) is 0.406. The third-order valence-electron chi connectivity index (χ3n) is 6.96. The second-order valence-electron chi connectivity index (χ2n) is 9.69. The van der Waals surface area contributed by atoms with E-state index in [2.05, 4.69) is 9.62 Å². The van der Waals surface area contributed by atoms with Gasteiger partial charge in [0.25, 0.3) is 6.47 Å². The summed E-state index contributed by atoms with van der Waals surface area (Å²) in [6.45, 7) is -0.181. The standard InChI is InChI=1S/C15H17ClO3.C8H8Cl2.C7H10O3.CH3F.CH2O3.2K.H/c1-19-14(18)15(8-2-3-13(15)17)9-11-4-6-12(10-16)7-5-11;9-5-7-1-2-8(6-10)4-3-7;1-10-7(9)5-3-2-4-6(5)8;1-2;2-1-4-3;;;/h4-7H,2-3,8-10H2,1H3;1-4H,5-6H2;5H,2-4H2,1H3;1H3;1,3H;;;/q;;;;;2*+1;-1/p-1/i;;;1D;;;;. The minimum atomic E-state index is -1.00. The largest absolute Gasteiger partial charge is 1.00 e. The molecular formula is C32H40Cl3FK2O9. The van der Waals surface area contributed by atoms with E-state index in [4.69, 9.17) is 51.0 Å². The number of benzene rings is 2. The van der Waals surface area contributed by atoms with E-state index in [-0.39, 0.29) is 128 Å². The van der Waals surface area contributed by atoms with E-state index in [1.165, 1.54) is 14.2 Å². The molecule has 0 radical (unpaired) electrons. The number of halogens is 4. The molecule has 0 aliphatic heterocycles. The number of Topliss-reactive ketones (excluding diaryl/α,β-unsaturated/α-hetero) is 2. The molecule has 0 bridgehead atoms. The van der Waals surface area contributed by atoms with Crippen LogP contribution < -0.4 is 108 Å². The van der Waals surface area contributed by atoms with Gasteiger partial charge in [-0.2, -0.15) is 0 Å². The van der Waals surface area contributed by atoms with Crippen LogP contribution in [0.2, 0.25) is 0 Å². The van der Waals surface area contributed by atoms with Crippen molar-refractivity contribution in [2.24, 2.45) is 11.3 Å². The first-order chi connectivity index (χ1) is 22.1. The van der Waals surface area contributed by atoms with Crippen molar-refractivity contribution >= 4 is 64.8 Å². The van der Waals surface area contributed by atoms with Crippen LogP contribution in [0.4, 0.5) is 4.39 Å². The molecule has 47 heavy (non-hydrogen) atoms. The summed E-state index contributed by atoms with van der Waals surface area (Å²) in [5, 5.41) is 8.43. The summed E-state index contributed by atoms with van der Waals surface area (Å²) < 4.78 is 24.8. The van der Waals surface area contributed by atoms with Crippen molar-refractivity contribution in [3.05, 3.63) is 70.8 Å². The zero-order valence-corrected chi connectivity index (χ0v) is 35.8. The summed E-state index contributed by atoms with van der Waals surface area (Å²) in [7, 11) is 1.65. The van der Waals surface area contributed by atoms with E-state index < -0.39 is 24.5 Å². The molecule has 2 aromatic carbocycles. The Bertz CT molecular complexity index is 1190. The molecule has 15 heteroatoms. The number of alkyl halides is 4. The van der Waals surface area contributed by atoms with Crippen molar-refractivity contribution in [2.45, 2.75) is 62.6 Å². The van der Waals surface area contributed by atoms with Crippen LogP contribution in [-0.2, 0) is 62.4 Å². The van der Waals surface area contributed by atoms with E-state index in [9.17, 15) is 23.6 Å². The SMILES string of the molecule is COC(=O)C1(Cc2ccc(CCl)cc2)CCCC1=O.COC(=O)C1CCCC1=O.ClCc1ccc(CCl)cc1.O=CO[O-].[2H]CF.[H-].[K+].[K+]. The summed E-state index contributed by atoms with van der Waals surface area (Å²) in [5.41, 5.74) is 3.29. The molecule has 0 heterocycles. The average molecular weight is 773 g/mol. The first kappa shape index (κ1) is 49.3. The first-order valence-electron chi connectivity index (χ1n) is 14.4. The molecule has 0 saturated heterocycles. The van der Waals surface area contributed by atoms with Gasteiger partial charge in [0.2, 0.25) is 0 Å². The predicted molar refractivity (Wildman–Crippen MR) is 168 cm³/mol. The van der Waals surface area contributed by atoms with E-state index in [0.29, 0.717) is 49.7 Å². The van der Waals surface area contributed by atoms with E-state index in [1.807, 2.05) is 48.5 Å². The smallest absolute Gasteiger partial charge is 1.00 e. The Morgan fingerprint density at radius 1 is 0.915 bits per heavy atom. The topological polar surface area (TPSA) is 136 Å². The molecule has 2 aromatic rings. The quantitative estimate of drug-likeness (QED) is 0.0676. The van der Waals surface area contributed by atoms with Gasteiger partial charge in [-0.25, -0.2) is 0 Å². The van der Waals surface area contributed by atoms with Gasteiger partial charge in [-0.1, -0.05) is 48.5 Å². The number of carbonyl (C=O) groups excluding carboxylic acids is 5. The number of rotatable bonds is 8. The Labute approximate surface area is 378 Å². The second-order valence-corrected chi connectivity index (χ2v) is 10.5. The molecule has 9 nitrogen and oxygen atoms in total. The molecule has 2 aliphatic carbocycles. The minimum Gasteiger partial charge on any atom is -1.00 e. The van der Waals surface area contributed by atoms with Crippen molar-refractivity contribution in [3.63, 3.8) is 0 Å². The van der Waals surface area contributed by atoms with Gasteiger partial charge in [0.05, 0.1) is 22.7 Å². The molecule has 0 amide bonds. The van der Waals surface area contributed by atoms with E-state index in [1.54, 1.807) is 0 Å². The Balaban J connectivity index is -0.000000290. The Morgan fingerprint density at radius 3 is 1.62 bits per heavy atom. The monoisotopic (exact) mass is 771 g/mol. The zero-order valence-electron chi connectivity index (χ0n) is 29.2. The Kier molecular flexibility index (Phi) is 32.5. The molecule has 0 spiro atoms.